The lowest BCUT2D eigenvalue weighted by atomic mass is 10.2. The predicted octanol–water partition coefficient (Wildman–Crippen LogP) is 8.65. The fraction of sp³-hybridized carbons (Fsp3) is 0.269. The number of hydrogen-bond donors (Lipinski definition) is 0. The average Bonchev–Trinajstić information content (AvgIpc) is 3.21. The Balaban J connectivity index is 0.000000366. The van der Waals surface area contributed by atoms with Crippen LogP contribution in [0.4, 0.5) is 0 Å². The van der Waals surface area contributed by atoms with Crippen LogP contribution < -0.4 is 0 Å². The third-order valence-electron chi connectivity index (χ3n) is 3.37. The van der Waals surface area contributed by atoms with Crippen molar-refractivity contribution in [2.24, 2.45) is 0 Å². The Morgan fingerprint density at radius 2 is 1.04 bits per heavy atom. The molecule has 150 valence electrons. The molecule has 0 amide bonds. The van der Waals surface area contributed by atoms with Gasteiger partial charge in [-0.1, -0.05) is 106 Å². The highest BCUT2D eigenvalue weighted by Gasteiger charge is 1.93. The first-order valence-electron chi connectivity index (χ1n) is 9.98. The van der Waals surface area contributed by atoms with Crippen molar-refractivity contribution >= 4 is 21.6 Å². The van der Waals surface area contributed by atoms with Crippen molar-refractivity contribution in [3.8, 4) is 0 Å². The monoisotopic (exact) mass is 393 g/mol. The van der Waals surface area contributed by atoms with Gasteiger partial charge in [0.1, 0.15) is 0 Å². The van der Waals surface area contributed by atoms with Crippen molar-refractivity contribution in [2.75, 3.05) is 0 Å². The Kier molecular flexibility index (Phi) is 15.2. The molecule has 3 aromatic carbocycles. The minimum absolute atomic E-state index is 1.11. The SMILES string of the molecule is CC.CC.Cc1ccc2ncsc2c1.Cc1ccccc1.Cc1ccccc1. The molecule has 2 heteroatoms. The van der Waals surface area contributed by atoms with E-state index in [4.69, 9.17) is 0 Å². The molecule has 28 heavy (non-hydrogen) atoms. The Labute approximate surface area is 176 Å². The average molecular weight is 394 g/mol. The van der Waals surface area contributed by atoms with E-state index >= 15 is 0 Å². The number of fused-ring (bicyclic) bond motifs is 1. The smallest absolute Gasteiger partial charge is 0.0812 e. The molecule has 4 aromatic rings. The third-order valence-corrected chi connectivity index (χ3v) is 4.16. The number of benzene rings is 3. The zero-order valence-electron chi connectivity index (χ0n) is 18.4. The van der Waals surface area contributed by atoms with Gasteiger partial charge < -0.3 is 0 Å². The van der Waals surface area contributed by atoms with Crippen LogP contribution >= 0.6 is 11.3 Å². The highest BCUT2D eigenvalue weighted by molar-refractivity contribution is 7.16. The van der Waals surface area contributed by atoms with Crippen LogP contribution in [0, 0.1) is 20.8 Å². The normalized spacial score (nSPS) is 8.54. The van der Waals surface area contributed by atoms with Gasteiger partial charge in [-0.25, -0.2) is 4.98 Å². The fourth-order valence-corrected chi connectivity index (χ4v) is 2.81. The molecular formula is C26H35NS. The number of aromatic nitrogens is 1. The van der Waals surface area contributed by atoms with E-state index in [0.29, 0.717) is 0 Å². The summed E-state index contributed by atoms with van der Waals surface area (Å²) in [4.78, 5) is 4.18. The lowest BCUT2D eigenvalue weighted by Crippen LogP contribution is -1.69. The summed E-state index contributed by atoms with van der Waals surface area (Å²) in [6.45, 7) is 14.3. The van der Waals surface area contributed by atoms with Crippen LogP contribution in [0.5, 0.6) is 0 Å². The van der Waals surface area contributed by atoms with E-state index in [1.165, 1.54) is 21.4 Å². The molecule has 0 fully saturated rings. The van der Waals surface area contributed by atoms with Crippen LogP contribution in [0.1, 0.15) is 44.4 Å². The summed E-state index contributed by atoms with van der Waals surface area (Å²) in [6.07, 6.45) is 0. The number of aryl methyl sites for hydroxylation is 3. The maximum atomic E-state index is 4.18. The summed E-state index contributed by atoms with van der Waals surface area (Å²) in [7, 11) is 0. The van der Waals surface area contributed by atoms with Gasteiger partial charge in [-0.3, -0.25) is 0 Å². The molecule has 0 N–H and O–H groups in total. The van der Waals surface area contributed by atoms with Gasteiger partial charge in [-0.15, -0.1) is 11.3 Å². The Morgan fingerprint density at radius 1 is 0.571 bits per heavy atom. The molecule has 0 atom stereocenters. The van der Waals surface area contributed by atoms with E-state index in [0.717, 1.165) is 5.52 Å². The second kappa shape index (κ2) is 16.7. The van der Waals surface area contributed by atoms with Crippen LogP contribution in [0.25, 0.3) is 10.2 Å². The van der Waals surface area contributed by atoms with Gasteiger partial charge in [-0.05, 0) is 38.5 Å². The minimum Gasteiger partial charge on any atom is -0.245 e. The summed E-state index contributed by atoms with van der Waals surface area (Å²) in [6, 6.07) is 26.8. The number of rotatable bonds is 0. The van der Waals surface area contributed by atoms with E-state index in [1.54, 1.807) is 11.3 Å². The number of nitrogens with zero attached hydrogens (tertiary/aromatic N) is 1. The molecule has 0 saturated carbocycles. The molecule has 0 aliphatic rings. The first kappa shape index (κ1) is 25.6. The van der Waals surface area contributed by atoms with Crippen LogP contribution in [0.2, 0.25) is 0 Å². The Bertz CT molecular complexity index is 798. The molecule has 1 nitrogen and oxygen atoms in total. The quantitative estimate of drug-likeness (QED) is 0.291. The first-order valence-corrected chi connectivity index (χ1v) is 10.9. The van der Waals surface area contributed by atoms with Crippen molar-refractivity contribution in [1.82, 2.24) is 4.98 Å². The summed E-state index contributed by atoms with van der Waals surface area (Å²) in [5.74, 6) is 0. The van der Waals surface area contributed by atoms with E-state index in [9.17, 15) is 0 Å². The number of hydrogen-bond acceptors (Lipinski definition) is 2. The Hall–Kier alpha value is -2.45. The largest absolute Gasteiger partial charge is 0.245 e. The summed E-state index contributed by atoms with van der Waals surface area (Å²) in [5, 5.41) is 0. The standard InChI is InChI=1S/C8H7NS.2C7H8.2C2H6/c1-6-2-3-7-8(4-6)10-5-9-7;2*1-7-5-3-2-4-6-7;2*1-2/h2-5H,1H3;2*2-6H,1H3;2*1-2H3. The third kappa shape index (κ3) is 11.3. The van der Waals surface area contributed by atoms with Gasteiger partial charge >= 0.3 is 0 Å². The van der Waals surface area contributed by atoms with Gasteiger partial charge in [-0.2, -0.15) is 0 Å². The highest BCUT2D eigenvalue weighted by Crippen LogP contribution is 2.18. The van der Waals surface area contributed by atoms with Crippen LogP contribution in [0.15, 0.2) is 84.4 Å². The van der Waals surface area contributed by atoms with Crippen LogP contribution in [-0.2, 0) is 0 Å². The van der Waals surface area contributed by atoms with E-state index < -0.39 is 0 Å². The lowest BCUT2D eigenvalue weighted by molar-refractivity contribution is 1.46. The van der Waals surface area contributed by atoms with E-state index in [2.05, 4.69) is 68.2 Å². The molecule has 4 rings (SSSR count). The van der Waals surface area contributed by atoms with Crippen LogP contribution in [-0.4, -0.2) is 4.98 Å². The zero-order valence-corrected chi connectivity index (χ0v) is 19.3. The second-order valence-electron chi connectivity index (χ2n) is 5.63. The minimum atomic E-state index is 1.11. The summed E-state index contributed by atoms with van der Waals surface area (Å²) >= 11 is 1.69. The van der Waals surface area contributed by atoms with Crippen molar-refractivity contribution in [1.29, 1.82) is 0 Å². The van der Waals surface area contributed by atoms with Crippen molar-refractivity contribution < 1.29 is 0 Å². The van der Waals surface area contributed by atoms with Crippen molar-refractivity contribution in [3.05, 3.63) is 101 Å². The molecular weight excluding hydrogens is 358 g/mol. The maximum absolute atomic E-state index is 4.18. The first-order chi connectivity index (χ1) is 13.6. The molecule has 0 radical (unpaired) electrons. The molecule has 1 aromatic heterocycles. The van der Waals surface area contributed by atoms with Gasteiger partial charge in [0.2, 0.25) is 0 Å². The zero-order chi connectivity index (χ0) is 21.2. The lowest BCUT2D eigenvalue weighted by Gasteiger charge is -1.88. The van der Waals surface area contributed by atoms with Crippen molar-refractivity contribution in [2.45, 2.75) is 48.5 Å². The highest BCUT2D eigenvalue weighted by atomic mass is 32.1. The molecule has 0 bridgehead atoms. The molecule has 0 saturated heterocycles. The van der Waals surface area contributed by atoms with Crippen molar-refractivity contribution in [3.63, 3.8) is 0 Å². The Morgan fingerprint density at radius 3 is 1.43 bits per heavy atom. The van der Waals surface area contributed by atoms with Crippen LogP contribution in [0.3, 0.4) is 0 Å². The predicted molar refractivity (Wildman–Crippen MR) is 129 cm³/mol. The molecule has 0 aliphatic heterocycles. The van der Waals surface area contributed by atoms with Gasteiger partial charge in [0.25, 0.3) is 0 Å². The topological polar surface area (TPSA) is 12.9 Å². The summed E-state index contributed by atoms with van der Waals surface area (Å²) in [5.41, 5.74) is 6.93. The van der Waals surface area contributed by atoms with Gasteiger partial charge in [0.05, 0.1) is 15.7 Å². The molecule has 0 aliphatic carbocycles. The number of thiazole rings is 1. The van der Waals surface area contributed by atoms with Gasteiger partial charge in [0.15, 0.2) is 0 Å². The fourth-order valence-electron chi connectivity index (χ4n) is 2.03. The van der Waals surface area contributed by atoms with E-state index in [1.807, 2.05) is 69.6 Å². The van der Waals surface area contributed by atoms with E-state index in [-0.39, 0.29) is 0 Å². The maximum Gasteiger partial charge on any atom is 0.0812 e. The molecule has 0 spiro atoms. The molecule has 0 unspecified atom stereocenters. The second-order valence-corrected chi connectivity index (χ2v) is 6.52. The molecule has 1 heterocycles. The van der Waals surface area contributed by atoms with Gasteiger partial charge in [0, 0.05) is 0 Å². The summed E-state index contributed by atoms with van der Waals surface area (Å²) < 4.78 is 1.28.